The lowest BCUT2D eigenvalue weighted by atomic mass is 10.1. The standard InChI is InChI=1S/C28H38N6O4.ClH/c1-6-37-23-13-20-12-22(38-25(20)17(3)30-23)24-16(2)31-27(29-14-18-7-8-18)33-26(24)32-21-10-9-19(11-21)15-34(4)28(35)36-5;/h12-13,18-19,21H,6-11,14-15H2,1-5H3,(H2,29,31,32,33);1H. The highest BCUT2D eigenvalue weighted by Gasteiger charge is 2.29. The molecule has 3 aromatic rings. The molecule has 10 nitrogen and oxygen atoms in total. The molecule has 0 spiro atoms. The molecule has 212 valence electrons. The summed E-state index contributed by atoms with van der Waals surface area (Å²) >= 11 is 0. The van der Waals surface area contributed by atoms with E-state index in [1.54, 1.807) is 11.9 Å². The SMILES string of the molecule is CCOc1cc2cc(-c3c(C)nc(NCC4CC4)nc3NC3CCC(CN(C)C(=O)OC)C3)oc2c(C)n1.Cl. The first-order valence-corrected chi connectivity index (χ1v) is 13.6. The number of amides is 1. The Kier molecular flexibility index (Phi) is 9.04. The van der Waals surface area contributed by atoms with Crippen molar-refractivity contribution in [1.82, 2.24) is 19.9 Å². The second kappa shape index (κ2) is 12.3. The van der Waals surface area contributed by atoms with Crippen LogP contribution >= 0.6 is 12.4 Å². The molecule has 39 heavy (non-hydrogen) atoms. The molecule has 0 aromatic carbocycles. The van der Waals surface area contributed by atoms with Crippen LogP contribution in [-0.2, 0) is 4.74 Å². The Bertz CT molecular complexity index is 1310. The van der Waals surface area contributed by atoms with E-state index >= 15 is 0 Å². The van der Waals surface area contributed by atoms with Gasteiger partial charge in [0.05, 0.1) is 30.7 Å². The number of anilines is 2. The van der Waals surface area contributed by atoms with E-state index in [2.05, 4.69) is 15.6 Å². The van der Waals surface area contributed by atoms with Gasteiger partial charge in [0.15, 0.2) is 5.58 Å². The van der Waals surface area contributed by atoms with Crippen molar-refractivity contribution in [2.45, 2.75) is 58.9 Å². The van der Waals surface area contributed by atoms with Gasteiger partial charge in [-0.2, -0.15) is 4.98 Å². The molecular formula is C28H39ClN6O4. The number of carbonyl (C=O) groups is 1. The van der Waals surface area contributed by atoms with Gasteiger partial charge in [0.1, 0.15) is 11.6 Å². The zero-order valence-corrected chi connectivity index (χ0v) is 24.2. The highest BCUT2D eigenvalue weighted by Crippen LogP contribution is 2.38. The van der Waals surface area contributed by atoms with E-state index < -0.39 is 0 Å². The van der Waals surface area contributed by atoms with Crippen LogP contribution in [0.5, 0.6) is 5.88 Å². The lowest BCUT2D eigenvalue weighted by Gasteiger charge is -2.21. The largest absolute Gasteiger partial charge is 0.478 e. The van der Waals surface area contributed by atoms with Gasteiger partial charge in [-0.3, -0.25) is 0 Å². The molecule has 2 N–H and O–H groups in total. The summed E-state index contributed by atoms with van der Waals surface area (Å²) in [6.45, 7) is 7.98. The molecule has 2 aliphatic rings. The zero-order chi connectivity index (χ0) is 26.8. The Hall–Kier alpha value is -3.27. The molecule has 3 heterocycles. The molecule has 2 atom stereocenters. The average Bonchev–Trinajstić information content (AvgIpc) is 3.46. The van der Waals surface area contributed by atoms with Crippen molar-refractivity contribution in [3.8, 4) is 17.2 Å². The van der Waals surface area contributed by atoms with Crippen LogP contribution in [0.15, 0.2) is 16.5 Å². The predicted molar refractivity (Wildman–Crippen MR) is 154 cm³/mol. The van der Waals surface area contributed by atoms with Gasteiger partial charge < -0.3 is 29.4 Å². The summed E-state index contributed by atoms with van der Waals surface area (Å²) in [4.78, 5) is 27.7. The maximum atomic E-state index is 11.9. The van der Waals surface area contributed by atoms with Crippen LogP contribution in [-0.4, -0.2) is 65.8 Å². The fraction of sp³-hybridized carbons (Fsp3) is 0.571. The number of carbonyl (C=O) groups excluding carboxylic acids is 1. The number of aryl methyl sites for hydroxylation is 2. The number of furan rings is 1. The van der Waals surface area contributed by atoms with Crippen molar-refractivity contribution in [3.05, 3.63) is 23.5 Å². The molecule has 0 bridgehead atoms. The predicted octanol–water partition coefficient (Wildman–Crippen LogP) is 5.82. The molecular weight excluding hydrogens is 520 g/mol. The molecule has 1 amide bonds. The summed E-state index contributed by atoms with van der Waals surface area (Å²) in [7, 11) is 3.20. The monoisotopic (exact) mass is 558 g/mol. The van der Waals surface area contributed by atoms with Crippen molar-refractivity contribution in [2.24, 2.45) is 11.8 Å². The summed E-state index contributed by atoms with van der Waals surface area (Å²) in [6, 6.07) is 4.16. The van der Waals surface area contributed by atoms with Crippen LogP contribution in [0.3, 0.4) is 0 Å². The number of ether oxygens (including phenoxy) is 2. The van der Waals surface area contributed by atoms with Crippen molar-refractivity contribution >= 4 is 41.2 Å². The number of nitrogens with zero attached hydrogens (tertiary/aromatic N) is 4. The van der Waals surface area contributed by atoms with Gasteiger partial charge in [-0.15, -0.1) is 12.4 Å². The number of hydrogen-bond donors (Lipinski definition) is 2. The first-order valence-electron chi connectivity index (χ1n) is 13.6. The van der Waals surface area contributed by atoms with Crippen LogP contribution in [0.2, 0.25) is 0 Å². The summed E-state index contributed by atoms with van der Waals surface area (Å²) < 4.78 is 16.8. The van der Waals surface area contributed by atoms with Crippen LogP contribution < -0.4 is 15.4 Å². The minimum absolute atomic E-state index is 0. The second-order valence-electron chi connectivity index (χ2n) is 10.6. The number of fused-ring (bicyclic) bond motifs is 1. The van der Waals surface area contributed by atoms with Gasteiger partial charge in [0.25, 0.3) is 0 Å². The van der Waals surface area contributed by atoms with E-state index in [0.717, 1.165) is 59.5 Å². The van der Waals surface area contributed by atoms with E-state index in [1.165, 1.54) is 20.0 Å². The summed E-state index contributed by atoms with van der Waals surface area (Å²) in [5, 5.41) is 8.06. The Morgan fingerprint density at radius 1 is 1.10 bits per heavy atom. The van der Waals surface area contributed by atoms with E-state index in [4.69, 9.17) is 23.9 Å². The molecule has 0 aliphatic heterocycles. The van der Waals surface area contributed by atoms with E-state index in [1.807, 2.05) is 32.9 Å². The number of methoxy groups -OCH3 is 1. The van der Waals surface area contributed by atoms with E-state index in [9.17, 15) is 4.79 Å². The fourth-order valence-corrected chi connectivity index (χ4v) is 5.31. The number of halogens is 1. The molecule has 2 fully saturated rings. The topological polar surface area (TPSA) is 115 Å². The molecule has 5 rings (SSSR count). The average molecular weight is 559 g/mol. The Morgan fingerprint density at radius 3 is 2.59 bits per heavy atom. The van der Waals surface area contributed by atoms with E-state index in [0.29, 0.717) is 42.6 Å². The highest BCUT2D eigenvalue weighted by molar-refractivity contribution is 5.88. The number of aromatic nitrogens is 3. The third kappa shape index (κ3) is 6.66. The van der Waals surface area contributed by atoms with Crippen LogP contribution in [0, 0.1) is 25.7 Å². The van der Waals surface area contributed by atoms with Crippen LogP contribution in [0.4, 0.5) is 16.6 Å². The summed E-state index contributed by atoms with van der Waals surface area (Å²) in [5.74, 6) is 3.79. The number of rotatable bonds is 10. The van der Waals surface area contributed by atoms with Gasteiger partial charge >= 0.3 is 6.09 Å². The van der Waals surface area contributed by atoms with Crippen molar-refractivity contribution in [2.75, 3.05) is 44.5 Å². The number of hydrogen-bond acceptors (Lipinski definition) is 9. The minimum Gasteiger partial charge on any atom is -0.478 e. The molecule has 0 radical (unpaired) electrons. The maximum Gasteiger partial charge on any atom is 0.409 e. The van der Waals surface area contributed by atoms with Crippen LogP contribution in [0.1, 0.15) is 50.4 Å². The quantitative estimate of drug-likeness (QED) is 0.317. The third-order valence-electron chi connectivity index (χ3n) is 7.42. The maximum absolute atomic E-state index is 11.9. The molecule has 3 aromatic heterocycles. The molecule has 2 saturated carbocycles. The lowest BCUT2D eigenvalue weighted by Crippen LogP contribution is -2.31. The van der Waals surface area contributed by atoms with Crippen molar-refractivity contribution in [3.63, 3.8) is 0 Å². The Morgan fingerprint density at radius 2 is 1.87 bits per heavy atom. The molecule has 2 aliphatic carbocycles. The molecule has 0 saturated heterocycles. The van der Waals surface area contributed by atoms with Crippen molar-refractivity contribution < 1.29 is 18.7 Å². The first kappa shape index (κ1) is 28.7. The van der Waals surface area contributed by atoms with E-state index in [-0.39, 0.29) is 24.5 Å². The molecule has 11 heteroatoms. The Balaban J connectivity index is 0.00000353. The van der Waals surface area contributed by atoms with Gasteiger partial charge in [0, 0.05) is 37.6 Å². The smallest absolute Gasteiger partial charge is 0.409 e. The third-order valence-corrected chi connectivity index (χ3v) is 7.42. The number of nitrogens with one attached hydrogen (secondary N) is 2. The van der Waals surface area contributed by atoms with Gasteiger partial charge in [-0.1, -0.05) is 0 Å². The van der Waals surface area contributed by atoms with Crippen molar-refractivity contribution in [1.29, 1.82) is 0 Å². The normalized spacial score (nSPS) is 18.5. The number of pyridine rings is 1. The molecule has 2 unspecified atom stereocenters. The fourth-order valence-electron chi connectivity index (χ4n) is 5.31. The lowest BCUT2D eigenvalue weighted by molar-refractivity contribution is 0.127. The second-order valence-corrected chi connectivity index (χ2v) is 10.6. The van der Waals surface area contributed by atoms with Gasteiger partial charge in [0.2, 0.25) is 11.8 Å². The summed E-state index contributed by atoms with van der Waals surface area (Å²) in [5.41, 5.74) is 3.21. The van der Waals surface area contributed by atoms with Gasteiger partial charge in [-0.25, -0.2) is 14.8 Å². The summed E-state index contributed by atoms with van der Waals surface area (Å²) in [6.07, 6.45) is 5.18. The van der Waals surface area contributed by atoms with Gasteiger partial charge in [-0.05, 0) is 70.8 Å². The minimum atomic E-state index is -0.302. The Labute approximate surface area is 235 Å². The first-order chi connectivity index (χ1) is 18.3. The highest BCUT2D eigenvalue weighted by atomic mass is 35.5. The zero-order valence-electron chi connectivity index (χ0n) is 23.4. The van der Waals surface area contributed by atoms with Crippen LogP contribution in [0.25, 0.3) is 22.3 Å².